The number of rotatable bonds is 10. The highest BCUT2D eigenvalue weighted by molar-refractivity contribution is 5.92. The van der Waals surface area contributed by atoms with Crippen molar-refractivity contribution in [2.24, 2.45) is 5.92 Å². The van der Waals surface area contributed by atoms with Crippen LogP contribution < -0.4 is 4.74 Å². The summed E-state index contributed by atoms with van der Waals surface area (Å²) in [6.45, 7) is 11.3. The zero-order chi connectivity index (χ0) is 17.4. The predicted octanol–water partition coefficient (Wildman–Crippen LogP) is 5.28. The standard InChI is InChI=1S/C20H32O3/c1-6-15-13-18(20(21)22)19(17(8-3)16(15)7-2)23-12-10-9-11-14(4)5/h13-14H,6-12H2,1-5H3,(H,21,22). The summed E-state index contributed by atoms with van der Waals surface area (Å²) >= 11 is 0. The molecule has 0 aromatic heterocycles. The van der Waals surface area contributed by atoms with Gasteiger partial charge in [-0.2, -0.15) is 0 Å². The van der Waals surface area contributed by atoms with Gasteiger partial charge in [-0.1, -0.05) is 41.0 Å². The number of carbonyl (C=O) groups is 1. The Morgan fingerprint density at radius 3 is 2.22 bits per heavy atom. The average molecular weight is 320 g/mol. The summed E-state index contributed by atoms with van der Waals surface area (Å²) in [7, 11) is 0. The van der Waals surface area contributed by atoms with E-state index in [-0.39, 0.29) is 0 Å². The molecular formula is C20H32O3. The first-order chi connectivity index (χ1) is 11.0. The van der Waals surface area contributed by atoms with E-state index in [1.165, 1.54) is 12.0 Å². The highest BCUT2D eigenvalue weighted by Crippen LogP contribution is 2.32. The maximum Gasteiger partial charge on any atom is 0.339 e. The Kier molecular flexibility index (Phi) is 8.15. The summed E-state index contributed by atoms with van der Waals surface area (Å²) in [6, 6.07) is 1.81. The first kappa shape index (κ1) is 19.5. The Morgan fingerprint density at radius 2 is 1.74 bits per heavy atom. The van der Waals surface area contributed by atoms with Gasteiger partial charge in [0.1, 0.15) is 11.3 Å². The topological polar surface area (TPSA) is 46.5 Å². The zero-order valence-electron chi connectivity index (χ0n) is 15.4. The van der Waals surface area contributed by atoms with Gasteiger partial charge in [-0.3, -0.25) is 0 Å². The lowest BCUT2D eigenvalue weighted by molar-refractivity contribution is 0.0691. The van der Waals surface area contributed by atoms with Gasteiger partial charge in [-0.15, -0.1) is 0 Å². The molecule has 0 atom stereocenters. The fourth-order valence-electron chi connectivity index (χ4n) is 3.10. The van der Waals surface area contributed by atoms with Gasteiger partial charge in [0.25, 0.3) is 0 Å². The molecule has 1 aromatic carbocycles. The van der Waals surface area contributed by atoms with Crippen LogP contribution in [0, 0.1) is 5.92 Å². The predicted molar refractivity (Wildman–Crippen MR) is 95.7 cm³/mol. The third-order valence-electron chi connectivity index (χ3n) is 4.33. The Morgan fingerprint density at radius 1 is 1.09 bits per heavy atom. The molecule has 0 aliphatic rings. The molecule has 0 bridgehead atoms. The van der Waals surface area contributed by atoms with Gasteiger partial charge < -0.3 is 9.84 Å². The SMILES string of the molecule is CCc1cc(C(=O)O)c(OCCCCC(C)C)c(CC)c1CC. The summed E-state index contributed by atoms with van der Waals surface area (Å²) in [6.07, 6.45) is 5.84. The quantitative estimate of drug-likeness (QED) is 0.597. The molecule has 0 unspecified atom stereocenters. The van der Waals surface area contributed by atoms with Crippen molar-refractivity contribution in [2.75, 3.05) is 6.61 Å². The number of carboxylic acids is 1. The van der Waals surface area contributed by atoms with Crippen LogP contribution in [-0.4, -0.2) is 17.7 Å². The van der Waals surface area contributed by atoms with Crippen LogP contribution in [0.2, 0.25) is 0 Å². The molecule has 23 heavy (non-hydrogen) atoms. The molecule has 0 spiro atoms. The number of unbranched alkanes of at least 4 members (excludes halogenated alkanes) is 1. The zero-order valence-corrected chi connectivity index (χ0v) is 15.4. The van der Waals surface area contributed by atoms with Crippen molar-refractivity contribution in [1.29, 1.82) is 0 Å². The summed E-state index contributed by atoms with van der Waals surface area (Å²) in [4.78, 5) is 11.7. The van der Waals surface area contributed by atoms with Crippen molar-refractivity contribution in [1.82, 2.24) is 0 Å². The van der Waals surface area contributed by atoms with Crippen molar-refractivity contribution in [2.45, 2.75) is 73.1 Å². The number of aromatic carboxylic acids is 1. The Labute approximate surface area is 141 Å². The molecule has 0 amide bonds. The van der Waals surface area contributed by atoms with E-state index in [0.717, 1.165) is 43.2 Å². The second kappa shape index (κ2) is 9.59. The molecule has 1 aromatic rings. The van der Waals surface area contributed by atoms with E-state index in [4.69, 9.17) is 4.74 Å². The van der Waals surface area contributed by atoms with E-state index in [0.29, 0.717) is 23.8 Å². The molecule has 0 radical (unpaired) electrons. The Hall–Kier alpha value is -1.51. The highest BCUT2D eigenvalue weighted by Gasteiger charge is 2.20. The van der Waals surface area contributed by atoms with Gasteiger partial charge in [0.15, 0.2) is 0 Å². The molecule has 3 heteroatoms. The lowest BCUT2D eigenvalue weighted by Crippen LogP contribution is -2.11. The fraction of sp³-hybridized carbons (Fsp3) is 0.650. The molecule has 0 aliphatic carbocycles. The minimum atomic E-state index is -0.894. The van der Waals surface area contributed by atoms with Crippen molar-refractivity contribution in [3.63, 3.8) is 0 Å². The van der Waals surface area contributed by atoms with Crippen molar-refractivity contribution in [3.8, 4) is 5.75 Å². The second-order valence-electron chi connectivity index (χ2n) is 6.47. The largest absolute Gasteiger partial charge is 0.492 e. The second-order valence-corrected chi connectivity index (χ2v) is 6.47. The fourth-order valence-corrected chi connectivity index (χ4v) is 3.10. The first-order valence-electron chi connectivity index (χ1n) is 8.99. The Balaban J connectivity index is 3.04. The summed E-state index contributed by atoms with van der Waals surface area (Å²) < 4.78 is 5.96. The number of aryl methyl sites for hydroxylation is 1. The number of carboxylic acid groups (broad SMARTS) is 1. The van der Waals surface area contributed by atoms with Crippen molar-refractivity contribution >= 4 is 5.97 Å². The molecule has 0 fully saturated rings. The minimum absolute atomic E-state index is 0.319. The van der Waals surface area contributed by atoms with Crippen LogP contribution >= 0.6 is 0 Å². The van der Waals surface area contributed by atoms with Crippen LogP contribution in [0.4, 0.5) is 0 Å². The minimum Gasteiger partial charge on any atom is -0.492 e. The summed E-state index contributed by atoms with van der Waals surface area (Å²) in [5.41, 5.74) is 3.79. The molecule has 0 heterocycles. The van der Waals surface area contributed by atoms with Crippen LogP contribution in [0.1, 0.15) is 80.9 Å². The van der Waals surface area contributed by atoms with E-state index in [1.807, 2.05) is 6.07 Å². The monoisotopic (exact) mass is 320 g/mol. The molecular weight excluding hydrogens is 288 g/mol. The van der Waals surface area contributed by atoms with E-state index in [9.17, 15) is 9.90 Å². The third-order valence-corrected chi connectivity index (χ3v) is 4.33. The first-order valence-corrected chi connectivity index (χ1v) is 8.99. The van der Waals surface area contributed by atoms with Gasteiger partial charge in [-0.25, -0.2) is 4.79 Å². The van der Waals surface area contributed by atoms with E-state index in [1.54, 1.807) is 0 Å². The van der Waals surface area contributed by atoms with E-state index in [2.05, 4.69) is 34.6 Å². The molecule has 0 saturated heterocycles. The molecule has 1 N–H and O–H groups in total. The summed E-state index contributed by atoms with van der Waals surface area (Å²) in [5.74, 6) is 0.402. The number of hydrogen-bond donors (Lipinski definition) is 1. The van der Waals surface area contributed by atoms with Crippen LogP contribution in [0.25, 0.3) is 0 Å². The normalized spacial score (nSPS) is 11.0. The van der Waals surface area contributed by atoms with Crippen LogP contribution in [0.3, 0.4) is 0 Å². The van der Waals surface area contributed by atoms with Crippen LogP contribution in [-0.2, 0) is 19.3 Å². The molecule has 1 rings (SSSR count). The number of hydrogen-bond acceptors (Lipinski definition) is 2. The van der Waals surface area contributed by atoms with Crippen molar-refractivity contribution in [3.05, 3.63) is 28.3 Å². The number of ether oxygens (including phenoxy) is 1. The van der Waals surface area contributed by atoms with Crippen LogP contribution in [0.15, 0.2) is 6.07 Å². The molecule has 0 aliphatic heterocycles. The molecule has 130 valence electrons. The highest BCUT2D eigenvalue weighted by atomic mass is 16.5. The van der Waals surface area contributed by atoms with Crippen molar-refractivity contribution < 1.29 is 14.6 Å². The van der Waals surface area contributed by atoms with Crippen LogP contribution in [0.5, 0.6) is 5.75 Å². The van der Waals surface area contributed by atoms with Gasteiger partial charge in [0.05, 0.1) is 6.61 Å². The third kappa shape index (κ3) is 5.26. The van der Waals surface area contributed by atoms with E-state index >= 15 is 0 Å². The van der Waals surface area contributed by atoms with E-state index < -0.39 is 5.97 Å². The average Bonchev–Trinajstić information content (AvgIpc) is 2.52. The molecule has 0 saturated carbocycles. The maximum absolute atomic E-state index is 11.7. The van der Waals surface area contributed by atoms with Gasteiger partial charge >= 0.3 is 5.97 Å². The smallest absolute Gasteiger partial charge is 0.339 e. The van der Waals surface area contributed by atoms with Gasteiger partial charge in [0, 0.05) is 0 Å². The summed E-state index contributed by atoms with van der Waals surface area (Å²) in [5, 5.41) is 9.56. The lowest BCUT2D eigenvalue weighted by atomic mass is 9.91. The van der Waals surface area contributed by atoms with Gasteiger partial charge in [0.2, 0.25) is 0 Å². The number of benzene rings is 1. The maximum atomic E-state index is 11.7. The van der Waals surface area contributed by atoms with Gasteiger partial charge in [-0.05, 0) is 60.8 Å². The molecule has 3 nitrogen and oxygen atoms in total. The Bertz CT molecular complexity index is 518. The lowest BCUT2D eigenvalue weighted by Gasteiger charge is -2.20.